The number of benzene rings is 2. The van der Waals surface area contributed by atoms with Crippen LogP contribution in [0.25, 0.3) is 0 Å². The Kier molecular flexibility index (Phi) is 4.58. The lowest BCUT2D eigenvalue weighted by Crippen LogP contribution is -2.12. The van der Waals surface area contributed by atoms with E-state index < -0.39 is 0 Å². The summed E-state index contributed by atoms with van der Waals surface area (Å²) in [5.41, 5.74) is 1.22. The van der Waals surface area contributed by atoms with Crippen molar-refractivity contribution in [1.29, 1.82) is 0 Å². The van der Waals surface area contributed by atoms with E-state index in [0.29, 0.717) is 5.56 Å². The summed E-state index contributed by atoms with van der Waals surface area (Å²) in [5, 5.41) is 2.85. The van der Waals surface area contributed by atoms with Gasteiger partial charge in [0.15, 0.2) is 0 Å². The van der Waals surface area contributed by atoms with Crippen molar-refractivity contribution in [2.45, 2.75) is 11.8 Å². The lowest BCUT2D eigenvalue weighted by atomic mass is 10.2. The number of carbonyl (C=O) groups is 1. The number of anilines is 1. The molecular weight excluding hydrogens is 261 g/mol. The number of carbonyl (C=O) groups excluding carboxylic acids is 1. The zero-order chi connectivity index (χ0) is 13.7. The molecule has 4 heteroatoms. The fourth-order valence-corrected chi connectivity index (χ4v) is 2.41. The minimum absolute atomic E-state index is 0.232. The van der Waals surface area contributed by atoms with Gasteiger partial charge in [-0.3, -0.25) is 4.79 Å². The van der Waals surface area contributed by atoms with Gasteiger partial charge in [-0.25, -0.2) is 4.39 Å². The van der Waals surface area contributed by atoms with Crippen molar-refractivity contribution in [2.75, 3.05) is 11.1 Å². The minimum atomic E-state index is -0.349. The largest absolute Gasteiger partial charge is 0.321 e. The maximum absolute atomic E-state index is 12.8. The number of thioether (sulfide) groups is 1. The number of hydrogen-bond acceptors (Lipinski definition) is 2. The number of rotatable bonds is 4. The van der Waals surface area contributed by atoms with E-state index in [0.717, 1.165) is 16.3 Å². The van der Waals surface area contributed by atoms with E-state index in [1.54, 1.807) is 11.8 Å². The van der Waals surface area contributed by atoms with Crippen LogP contribution in [0.5, 0.6) is 0 Å². The van der Waals surface area contributed by atoms with Gasteiger partial charge in [0, 0.05) is 10.5 Å². The van der Waals surface area contributed by atoms with E-state index in [1.807, 2.05) is 24.3 Å². The van der Waals surface area contributed by atoms with Crippen LogP contribution in [0.15, 0.2) is 53.4 Å². The van der Waals surface area contributed by atoms with Crippen LogP contribution in [0, 0.1) is 5.82 Å². The van der Waals surface area contributed by atoms with Gasteiger partial charge in [-0.2, -0.15) is 0 Å². The number of halogens is 1. The summed E-state index contributed by atoms with van der Waals surface area (Å²) in [6.07, 6.45) is 0. The third kappa shape index (κ3) is 3.58. The first kappa shape index (κ1) is 13.6. The van der Waals surface area contributed by atoms with Crippen molar-refractivity contribution in [3.63, 3.8) is 0 Å². The molecule has 0 aliphatic rings. The third-order valence-corrected chi connectivity index (χ3v) is 3.50. The summed E-state index contributed by atoms with van der Waals surface area (Å²) in [6, 6.07) is 13.1. The molecule has 0 saturated carbocycles. The molecule has 0 fully saturated rings. The maximum atomic E-state index is 12.8. The first-order valence-electron chi connectivity index (χ1n) is 5.99. The van der Waals surface area contributed by atoms with Crippen LogP contribution in [-0.2, 0) is 0 Å². The molecule has 1 N–H and O–H groups in total. The minimum Gasteiger partial charge on any atom is -0.321 e. The Morgan fingerprint density at radius 1 is 1.16 bits per heavy atom. The Labute approximate surface area is 116 Å². The van der Waals surface area contributed by atoms with Gasteiger partial charge in [0.2, 0.25) is 0 Å². The molecule has 0 radical (unpaired) electrons. The molecule has 0 aliphatic carbocycles. The molecule has 98 valence electrons. The summed E-state index contributed by atoms with van der Waals surface area (Å²) in [5.74, 6) is 0.353. The monoisotopic (exact) mass is 275 g/mol. The fraction of sp³-hybridized carbons (Fsp3) is 0.133. The van der Waals surface area contributed by atoms with E-state index in [1.165, 1.54) is 24.3 Å². The van der Waals surface area contributed by atoms with E-state index in [2.05, 4.69) is 12.2 Å². The van der Waals surface area contributed by atoms with Crippen LogP contribution in [0.1, 0.15) is 17.3 Å². The Morgan fingerprint density at radius 3 is 2.53 bits per heavy atom. The van der Waals surface area contributed by atoms with Crippen LogP contribution in [0.3, 0.4) is 0 Å². The summed E-state index contributed by atoms with van der Waals surface area (Å²) >= 11 is 1.67. The summed E-state index contributed by atoms with van der Waals surface area (Å²) < 4.78 is 12.8. The van der Waals surface area contributed by atoms with Crippen LogP contribution in [0.2, 0.25) is 0 Å². The molecular formula is C15H14FNOS. The third-order valence-electron chi connectivity index (χ3n) is 2.54. The van der Waals surface area contributed by atoms with Crippen molar-refractivity contribution in [2.24, 2.45) is 0 Å². The molecule has 0 spiro atoms. The predicted octanol–water partition coefficient (Wildman–Crippen LogP) is 4.19. The average Bonchev–Trinajstić information content (AvgIpc) is 2.42. The Balaban J connectivity index is 2.16. The highest BCUT2D eigenvalue weighted by molar-refractivity contribution is 7.99. The molecule has 0 heterocycles. The molecule has 2 nitrogen and oxygen atoms in total. The Morgan fingerprint density at radius 2 is 1.84 bits per heavy atom. The second kappa shape index (κ2) is 6.38. The summed E-state index contributed by atoms with van der Waals surface area (Å²) in [6.45, 7) is 2.06. The molecule has 0 atom stereocenters. The number of amides is 1. The van der Waals surface area contributed by atoms with E-state index in [9.17, 15) is 9.18 Å². The van der Waals surface area contributed by atoms with Gasteiger partial charge in [0.1, 0.15) is 5.82 Å². The van der Waals surface area contributed by atoms with Gasteiger partial charge in [-0.05, 0) is 42.2 Å². The second-order valence-corrected chi connectivity index (χ2v) is 5.20. The van der Waals surface area contributed by atoms with Gasteiger partial charge in [-0.15, -0.1) is 11.8 Å². The standard InChI is InChI=1S/C15H14FNOS/c1-2-19-14-6-4-3-5-13(14)17-15(18)11-7-9-12(16)10-8-11/h3-10H,2H2,1H3,(H,17,18). The van der Waals surface area contributed by atoms with Gasteiger partial charge >= 0.3 is 0 Å². The molecule has 1 amide bonds. The predicted molar refractivity (Wildman–Crippen MR) is 77.2 cm³/mol. The van der Waals surface area contributed by atoms with E-state index in [-0.39, 0.29) is 11.7 Å². The van der Waals surface area contributed by atoms with Gasteiger partial charge < -0.3 is 5.32 Å². The normalized spacial score (nSPS) is 10.2. The van der Waals surface area contributed by atoms with Gasteiger partial charge in [0.05, 0.1) is 5.69 Å². The van der Waals surface area contributed by atoms with Gasteiger partial charge in [-0.1, -0.05) is 19.1 Å². The molecule has 0 aliphatic heterocycles. The summed E-state index contributed by atoms with van der Waals surface area (Å²) in [7, 11) is 0. The van der Waals surface area contributed by atoms with Crippen molar-refractivity contribution >= 4 is 23.4 Å². The zero-order valence-corrected chi connectivity index (χ0v) is 11.3. The molecule has 0 bridgehead atoms. The molecule has 2 rings (SSSR count). The highest BCUT2D eigenvalue weighted by Gasteiger charge is 2.08. The lowest BCUT2D eigenvalue weighted by Gasteiger charge is -2.09. The first-order chi connectivity index (χ1) is 9.20. The van der Waals surface area contributed by atoms with Crippen LogP contribution in [-0.4, -0.2) is 11.7 Å². The second-order valence-electron chi connectivity index (χ2n) is 3.89. The highest BCUT2D eigenvalue weighted by Crippen LogP contribution is 2.26. The van der Waals surface area contributed by atoms with Crippen molar-refractivity contribution in [3.8, 4) is 0 Å². The summed E-state index contributed by atoms with van der Waals surface area (Å²) in [4.78, 5) is 13.1. The lowest BCUT2D eigenvalue weighted by molar-refractivity contribution is 0.102. The van der Waals surface area contributed by atoms with Crippen molar-refractivity contribution in [1.82, 2.24) is 0 Å². The van der Waals surface area contributed by atoms with E-state index >= 15 is 0 Å². The molecule has 0 saturated heterocycles. The topological polar surface area (TPSA) is 29.1 Å². The van der Waals surface area contributed by atoms with Crippen molar-refractivity contribution in [3.05, 3.63) is 59.9 Å². The van der Waals surface area contributed by atoms with E-state index in [4.69, 9.17) is 0 Å². The molecule has 0 unspecified atom stereocenters. The van der Waals surface area contributed by atoms with Crippen molar-refractivity contribution < 1.29 is 9.18 Å². The first-order valence-corrected chi connectivity index (χ1v) is 6.98. The SMILES string of the molecule is CCSc1ccccc1NC(=O)c1ccc(F)cc1. The molecule has 2 aromatic rings. The van der Waals surface area contributed by atoms with Crippen LogP contribution < -0.4 is 5.32 Å². The van der Waals surface area contributed by atoms with Crippen LogP contribution >= 0.6 is 11.8 Å². The Hall–Kier alpha value is -1.81. The van der Waals surface area contributed by atoms with Crippen LogP contribution in [0.4, 0.5) is 10.1 Å². The highest BCUT2D eigenvalue weighted by atomic mass is 32.2. The maximum Gasteiger partial charge on any atom is 0.255 e. The number of hydrogen-bond donors (Lipinski definition) is 1. The van der Waals surface area contributed by atoms with Gasteiger partial charge in [0.25, 0.3) is 5.91 Å². The molecule has 0 aromatic heterocycles. The quantitative estimate of drug-likeness (QED) is 0.848. The number of para-hydroxylation sites is 1. The average molecular weight is 275 g/mol. The smallest absolute Gasteiger partial charge is 0.255 e. The Bertz CT molecular complexity index is 569. The number of nitrogens with one attached hydrogen (secondary N) is 1. The fourth-order valence-electron chi connectivity index (χ4n) is 1.65. The zero-order valence-electron chi connectivity index (χ0n) is 10.5. The molecule has 19 heavy (non-hydrogen) atoms. The molecule has 2 aromatic carbocycles.